The molecule has 0 aliphatic heterocycles. The van der Waals surface area contributed by atoms with Gasteiger partial charge in [-0.3, -0.25) is 4.79 Å². The minimum atomic E-state index is -0.543. The molecule has 1 aromatic carbocycles. The van der Waals surface area contributed by atoms with Gasteiger partial charge in [-0.15, -0.1) is 11.3 Å². The molecule has 1 amide bonds. The van der Waals surface area contributed by atoms with Crippen molar-refractivity contribution in [1.29, 1.82) is 0 Å². The van der Waals surface area contributed by atoms with E-state index in [0.717, 1.165) is 0 Å². The zero-order chi connectivity index (χ0) is 15.4. The number of nitrogens with zero attached hydrogens (tertiary/aromatic N) is 1. The second-order valence-corrected chi connectivity index (χ2v) is 5.75. The third-order valence-electron chi connectivity index (χ3n) is 2.45. The number of nitrogens with one attached hydrogen (secondary N) is 1. The van der Waals surface area contributed by atoms with Gasteiger partial charge in [0.1, 0.15) is 0 Å². The predicted molar refractivity (Wildman–Crippen MR) is 86.1 cm³/mol. The van der Waals surface area contributed by atoms with Crippen LogP contribution in [0.4, 0.5) is 9.52 Å². The van der Waals surface area contributed by atoms with Gasteiger partial charge in [-0.1, -0.05) is 27.5 Å². The number of benzene rings is 1. The standard InChI is InChI=1S/C13H11BrClFN2O2S/c1-2-20-12-8(15)3-7(4-9(12)16)10-6-21-13(17-10)18-11(19)5-14/h3-4,6H,2,5H2,1H3,(H,17,18,19). The lowest BCUT2D eigenvalue weighted by Crippen LogP contribution is -2.11. The zero-order valence-electron chi connectivity index (χ0n) is 11.0. The van der Waals surface area contributed by atoms with Crippen LogP contribution in [-0.4, -0.2) is 22.8 Å². The van der Waals surface area contributed by atoms with Crippen molar-refractivity contribution in [3.05, 3.63) is 28.4 Å². The van der Waals surface area contributed by atoms with Crippen molar-refractivity contribution in [3.8, 4) is 17.0 Å². The van der Waals surface area contributed by atoms with E-state index in [1.807, 2.05) is 0 Å². The van der Waals surface area contributed by atoms with Crippen LogP contribution in [-0.2, 0) is 4.79 Å². The fraction of sp³-hybridized carbons (Fsp3) is 0.231. The van der Waals surface area contributed by atoms with Crippen molar-refractivity contribution < 1.29 is 13.9 Å². The van der Waals surface area contributed by atoms with E-state index in [1.54, 1.807) is 18.4 Å². The van der Waals surface area contributed by atoms with E-state index < -0.39 is 5.82 Å². The van der Waals surface area contributed by atoms with Crippen LogP contribution in [0.5, 0.6) is 5.75 Å². The third kappa shape index (κ3) is 3.93. The van der Waals surface area contributed by atoms with Crippen LogP contribution in [0.2, 0.25) is 5.02 Å². The highest BCUT2D eigenvalue weighted by Gasteiger charge is 2.14. The highest BCUT2D eigenvalue weighted by Crippen LogP contribution is 2.34. The van der Waals surface area contributed by atoms with Gasteiger partial charge in [-0.25, -0.2) is 9.37 Å². The van der Waals surface area contributed by atoms with Gasteiger partial charge in [0, 0.05) is 10.9 Å². The van der Waals surface area contributed by atoms with Crippen LogP contribution in [0.3, 0.4) is 0 Å². The van der Waals surface area contributed by atoms with E-state index in [9.17, 15) is 9.18 Å². The number of carbonyl (C=O) groups is 1. The molecule has 21 heavy (non-hydrogen) atoms. The van der Waals surface area contributed by atoms with Gasteiger partial charge in [0.15, 0.2) is 16.7 Å². The Morgan fingerprint density at radius 1 is 1.57 bits per heavy atom. The lowest BCUT2D eigenvalue weighted by atomic mass is 10.1. The number of carbonyl (C=O) groups excluding carboxylic acids is 1. The van der Waals surface area contributed by atoms with Crippen LogP contribution in [0, 0.1) is 5.82 Å². The molecular formula is C13H11BrClFN2O2S. The maximum Gasteiger partial charge on any atom is 0.236 e. The molecule has 2 aromatic rings. The van der Waals surface area contributed by atoms with Crippen molar-refractivity contribution in [1.82, 2.24) is 4.98 Å². The Hall–Kier alpha value is -1.18. The number of anilines is 1. The minimum Gasteiger partial charge on any atom is -0.489 e. The van der Waals surface area contributed by atoms with Crippen molar-refractivity contribution in [2.75, 3.05) is 17.3 Å². The molecule has 0 bridgehead atoms. The smallest absolute Gasteiger partial charge is 0.236 e. The zero-order valence-corrected chi connectivity index (χ0v) is 14.1. The number of alkyl halides is 1. The number of halogens is 3. The molecule has 0 spiro atoms. The van der Waals surface area contributed by atoms with Gasteiger partial charge in [0.05, 0.1) is 22.7 Å². The lowest BCUT2D eigenvalue weighted by molar-refractivity contribution is -0.113. The number of rotatable bonds is 5. The Labute approximate surface area is 138 Å². The molecule has 0 radical (unpaired) electrons. The Morgan fingerprint density at radius 3 is 2.95 bits per heavy atom. The number of hydrogen-bond donors (Lipinski definition) is 1. The van der Waals surface area contributed by atoms with Crippen LogP contribution in [0.25, 0.3) is 11.3 Å². The Morgan fingerprint density at radius 2 is 2.33 bits per heavy atom. The van der Waals surface area contributed by atoms with E-state index in [-0.39, 0.29) is 22.0 Å². The molecule has 2 rings (SSSR count). The summed E-state index contributed by atoms with van der Waals surface area (Å²) >= 11 is 10.3. The molecule has 0 unspecified atom stereocenters. The Bertz CT molecular complexity index is 642. The summed E-state index contributed by atoms with van der Waals surface area (Å²) in [7, 11) is 0. The summed E-state index contributed by atoms with van der Waals surface area (Å²) < 4.78 is 19.1. The molecule has 0 fully saturated rings. The predicted octanol–water partition coefficient (Wildman–Crippen LogP) is 4.33. The molecule has 0 aliphatic rings. The van der Waals surface area contributed by atoms with E-state index in [2.05, 4.69) is 26.2 Å². The molecule has 8 heteroatoms. The van der Waals surface area contributed by atoms with Crippen LogP contribution in [0.1, 0.15) is 6.92 Å². The Balaban J connectivity index is 2.28. The first-order chi connectivity index (χ1) is 10.0. The molecule has 4 nitrogen and oxygen atoms in total. The number of aromatic nitrogens is 1. The van der Waals surface area contributed by atoms with Gasteiger partial charge in [-0.05, 0) is 19.1 Å². The monoisotopic (exact) mass is 392 g/mol. The number of thiazole rings is 1. The fourth-order valence-corrected chi connectivity index (χ4v) is 2.74. The average molecular weight is 394 g/mol. The maximum absolute atomic E-state index is 13.9. The van der Waals surface area contributed by atoms with E-state index in [0.29, 0.717) is 23.0 Å². The molecule has 0 aliphatic carbocycles. The van der Waals surface area contributed by atoms with E-state index in [1.165, 1.54) is 17.4 Å². The second-order valence-electron chi connectivity index (χ2n) is 3.92. The first kappa shape index (κ1) is 16.2. The van der Waals surface area contributed by atoms with Crippen molar-refractivity contribution >= 4 is 49.9 Å². The van der Waals surface area contributed by atoms with Gasteiger partial charge in [0.25, 0.3) is 0 Å². The maximum atomic E-state index is 13.9. The highest BCUT2D eigenvalue weighted by molar-refractivity contribution is 9.09. The number of amides is 1. The van der Waals surface area contributed by atoms with Gasteiger partial charge in [0.2, 0.25) is 5.91 Å². The van der Waals surface area contributed by atoms with Gasteiger partial charge < -0.3 is 10.1 Å². The normalized spacial score (nSPS) is 10.5. The summed E-state index contributed by atoms with van der Waals surface area (Å²) in [5, 5.41) is 5.15. The summed E-state index contributed by atoms with van der Waals surface area (Å²) in [6.07, 6.45) is 0. The van der Waals surface area contributed by atoms with Gasteiger partial charge >= 0.3 is 0 Å². The second kappa shape index (κ2) is 7.20. The quantitative estimate of drug-likeness (QED) is 0.769. The van der Waals surface area contributed by atoms with Gasteiger partial charge in [-0.2, -0.15) is 0 Å². The average Bonchev–Trinajstić information content (AvgIpc) is 2.91. The lowest BCUT2D eigenvalue weighted by Gasteiger charge is -2.08. The summed E-state index contributed by atoms with van der Waals surface area (Å²) in [6, 6.07) is 2.89. The van der Waals surface area contributed by atoms with Crippen molar-refractivity contribution in [2.45, 2.75) is 6.92 Å². The molecule has 0 saturated heterocycles. The van der Waals surface area contributed by atoms with E-state index in [4.69, 9.17) is 16.3 Å². The summed E-state index contributed by atoms with van der Waals surface area (Å²) in [5.41, 5.74) is 1.06. The Kier molecular flexibility index (Phi) is 5.55. The third-order valence-corrected chi connectivity index (χ3v) is 4.00. The van der Waals surface area contributed by atoms with E-state index >= 15 is 0 Å². The summed E-state index contributed by atoms with van der Waals surface area (Å²) in [6.45, 7) is 2.08. The van der Waals surface area contributed by atoms with Crippen molar-refractivity contribution in [2.24, 2.45) is 0 Å². The number of ether oxygens (including phenoxy) is 1. The summed E-state index contributed by atoms with van der Waals surface area (Å²) in [4.78, 5) is 15.5. The van der Waals surface area contributed by atoms with Crippen LogP contribution < -0.4 is 10.1 Å². The summed E-state index contributed by atoms with van der Waals surface area (Å²) in [5.74, 6) is -0.712. The fourth-order valence-electron chi connectivity index (χ4n) is 1.61. The largest absolute Gasteiger partial charge is 0.489 e. The topological polar surface area (TPSA) is 51.2 Å². The first-order valence-electron chi connectivity index (χ1n) is 5.98. The molecule has 112 valence electrons. The molecule has 0 saturated carbocycles. The number of hydrogen-bond acceptors (Lipinski definition) is 4. The van der Waals surface area contributed by atoms with Crippen molar-refractivity contribution in [3.63, 3.8) is 0 Å². The minimum absolute atomic E-state index is 0.0333. The molecule has 1 heterocycles. The molecule has 0 atom stereocenters. The molecule has 1 aromatic heterocycles. The highest BCUT2D eigenvalue weighted by atomic mass is 79.9. The van der Waals surface area contributed by atoms with Crippen LogP contribution in [0.15, 0.2) is 17.5 Å². The van der Waals surface area contributed by atoms with Crippen LogP contribution >= 0.6 is 38.9 Å². The SMILES string of the molecule is CCOc1c(F)cc(-c2csc(NC(=O)CBr)n2)cc1Cl. The first-order valence-corrected chi connectivity index (χ1v) is 8.36. The molecule has 1 N–H and O–H groups in total. The molecular weight excluding hydrogens is 383 g/mol.